The zero-order valence-electron chi connectivity index (χ0n) is 21.6. The lowest BCUT2D eigenvalue weighted by atomic mass is 10.0. The van der Waals surface area contributed by atoms with E-state index in [0.29, 0.717) is 36.6 Å². The number of benzene rings is 4. The van der Waals surface area contributed by atoms with Gasteiger partial charge in [-0.15, -0.1) is 0 Å². The monoisotopic (exact) mass is 707 g/mol. The Balaban J connectivity index is 1.53. The molecule has 0 aliphatic carbocycles. The lowest BCUT2D eigenvalue weighted by Crippen LogP contribution is -2.57. The molecular formula is C31H20Br2ClN3O5. The first-order valence-corrected chi connectivity index (χ1v) is 14.4. The quantitative estimate of drug-likeness (QED) is 0.159. The molecule has 210 valence electrons. The molecule has 1 saturated heterocycles. The first-order valence-electron chi connectivity index (χ1n) is 12.5. The lowest BCUT2D eigenvalue weighted by Gasteiger charge is -2.34. The largest absolute Gasteiger partial charge is 0.482 e. The van der Waals surface area contributed by atoms with E-state index in [9.17, 15) is 19.2 Å². The average Bonchev–Trinajstić information content (AvgIpc) is 2.97. The van der Waals surface area contributed by atoms with Gasteiger partial charge in [-0.1, -0.05) is 76.1 Å². The van der Waals surface area contributed by atoms with Crippen molar-refractivity contribution in [3.63, 3.8) is 0 Å². The number of carbonyl (C=O) groups is 4. The summed E-state index contributed by atoms with van der Waals surface area (Å²) in [6.07, 6.45) is 1.35. The van der Waals surface area contributed by atoms with E-state index in [1.807, 2.05) is 0 Å². The predicted molar refractivity (Wildman–Crippen MR) is 169 cm³/mol. The molecule has 0 aromatic heterocycles. The van der Waals surface area contributed by atoms with Crippen LogP contribution in [0.15, 0.2) is 112 Å². The van der Waals surface area contributed by atoms with Crippen LogP contribution in [0.4, 0.5) is 21.9 Å². The summed E-state index contributed by atoms with van der Waals surface area (Å²) in [6, 6.07) is 26.0. The van der Waals surface area contributed by atoms with E-state index in [4.69, 9.17) is 16.3 Å². The molecule has 1 aliphatic heterocycles. The highest BCUT2D eigenvalue weighted by molar-refractivity contribution is 9.11. The summed E-state index contributed by atoms with van der Waals surface area (Å²) < 4.78 is 6.94. The van der Waals surface area contributed by atoms with E-state index in [1.165, 1.54) is 6.08 Å². The summed E-state index contributed by atoms with van der Waals surface area (Å²) in [5.74, 6) is -1.88. The highest BCUT2D eigenvalue weighted by Crippen LogP contribution is 2.36. The Hall–Kier alpha value is -4.25. The molecule has 4 aromatic carbocycles. The third kappa shape index (κ3) is 6.15. The van der Waals surface area contributed by atoms with Crippen molar-refractivity contribution in [1.29, 1.82) is 0 Å². The maximum Gasteiger partial charge on any atom is 0.343 e. The maximum absolute atomic E-state index is 13.8. The van der Waals surface area contributed by atoms with Crippen LogP contribution in [0, 0.1) is 0 Å². The van der Waals surface area contributed by atoms with Gasteiger partial charge in [0.25, 0.3) is 17.7 Å². The molecule has 1 N–H and O–H groups in total. The van der Waals surface area contributed by atoms with E-state index in [0.717, 1.165) is 9.80 Å². The van der Waals surface area contributed by atoms with Crippen molar-refractivity contribution < 1.29 is 23.9 Å². The minimum absolute atomic E-state index is 0.204. The maximum atomic E-state index is 13.8. The van der Waals surface area contributed by atoms with Crippen LogP contribution in [0.3, 0.4) is 0 Å². The van der Waals surface area contributed by atoms with Crippen LogP contribution in [0.5, 0.6) is 5.75 Å². The fraction of sp³-hybridized carbons (Fsp3) is 0.0323. The van der Waals surface area contributed by atoms with Crippen LogP contribution in [0.25, 0.3) is 6.08 Å². The fourth-order valence-corrected chi connectivity index (χ4v) is 5.78. The van der Waals surface area contributed by atoms with Gasteiger partial charge in [0.1, 0.15) is 11.3 Å². The number of hydrogen-bond donors (Lipinski definition) is 1. The Labute approximate surface area is 262 Å². The molecule has 0 spiro atoms. The van der Waals surface area contributed by atoms with Gasteiger partial charge in [0.05, 0.1) is 26.6 Å². The van der Waals surface area contributed by atoms with Gasteiger partial charge >= 0.3 is 6.03 Å². The van der Waals surface area contributed by atoms with Crippen LogP contribution < -0.4 is 19.9 Å². The number of nitrogens with one attached hydrogen (secondary N) is 1. The Bertz CT molecular complexity index is 1670. The molecule has 8 nitrogen and oxygen atoms in total. The van der Waals surface area contributed by atoms with Gasteiger partial charge in [-0.2, -0.15) is 0 Å². The number of rotatable bonds is 7. The number of amides is 5. The smallest absolute Gasteiger partial charge is 0.343 e. The van der Waals surface area contributed by atoms with Crippen LogP contribution >= 0.6 is 43.5 Å². The topological polar surface area (TPSA) is 96.0 Å². The molecule has 0 unspecified atom stereocenters. The van der Waals surface area contributed by atoms with Crippen molar-refractivity contribution in [3.05, 3.63) is 122 Å². The molecule has 0 saturated carbocycles. The summed E-state index contributed by atoms with van der Waals surface area (Å²) in [7, 11) is 0. The van der Waals surface area contributed by atoms with Crippen molar-refractivity contribution in [1.82, 2.24) is 0 Å². The second-order valence-corrected chi connectivity index (χ2v) is 11.1. The molecule has 11 heteroatoms. The van der Waals surface area contributed by atoms with Gasteiger partial charge in [0.15, 0.2) is 6.61 Å². The van der Waals surface area contributed by atoms with Gasteiger partial charge in [0.2, 0.25) is 0 Å². The minimum atomic E-state index is -0.804. The zero-order valence-corrected chi connectivity index (χ0v) is 25.5. The van der Waals surface area contributed by atoms with Crippen LogP contribution in [-0.4, -0.2) is 30.4 Å². The molecule has 4 aromatic rings. The Morgan fingerprint density at radius 3 is 1.93 bits per heavy atom. The van der Waals surface area contributed by atoms with E-state index in [2.05, 4.69) is 37.2 Å². The normalized spacial score (nSPS) is 13.3. The summed E-state index contributed by atoms with van der Waals surface area (Å²) >= 11 is 13.0. The van der Waals surface area contributed by atoms with E-state index < -0.39 is 30.4 Å². The molecule has 0 atom stereocenters. The number of urea groups is 1. The average molecular weight is 710 g/mol. The van der Waals surface area contributed by atoms with Gasteiger partial charge in [-0.3, -0.25) is 14.4 Å². The zero-order chi connectivity index (χ0) is 29.8. The highest BCUT2D eigenvalue weighted by atomic mass is 79.9. The molecule has 1 heterocycles. The predicted octanol–water partition coefficient (Wildman–Crippen LogP) is 7.47. The highest BCUT2D eigenvalue weighted by Gasteiger charge is 2.43. The third-order valence-electron chi connectivity index (χ3n) is 6.11. The van der Waals surface area contributed by atoms with Gasteiger partial charge in [-0.25, -0.2) is 14.6 Å². The Morgan fingerprint density at radius 2 is 1.36 bits per heavy atom. The summed E-state index contributed by atoms with van der Waals surface area (Å²) in [4.78, 5) is 55.6. The second kappa shape index (κ2) is 12.7. The molecule has 42 heavy (non-hydrogen) atoms. The van der Waals surface area contributed by atoms with Gasteiger partial charge in [-0.05, 0) is 70.5 Å². The number of anilines is 3. The number of barbiturate groups is 1. The van der Waals surface area contributed by atoms with Crippen molar-refractivity contribution in [3.8, 4) is 5.75 Å². The number of para-hydroxylation sites is 3. The molecule has 5 rings (SSSR count). The first-order chi connectivity index (χ1) is 20.2. The number of hydrogen-bond acceptors (Lipinski definition) is 5. The number of imide groups is 2. The van der Waals surface area contributed by atoms with Crippen molar-refractivity contribution >= 4 is 90.4 Å². The number of halogens is 3. The standard InChI is InChI=1S/C31H20Br2ClN3O5/c32-20-15-19(28(24(33)17-20)42-18-27(38)35-26-14-8-7-13-25(26)34)16-23-29(39)36(21-9-3-1-4-10-21)31(41)37(30(23)40)22-11-5-2-6-12-22/h1-17H,18H2,(H,35,38). The van der Waals surface area contributed by atoms with Crippen LogP contribution in [0.2, 0.25) is 5.02 Å². The van der Waals surface area contributed by atoms with Crippen molar-refractivity contribution in [2.75, 3.05) is 21.7 Å². The molecular weight excluding hydrogens is 690 g/mol. The lowest BCUT2D eigenvalue weighted by molar-refractivity contribution is -0.121. The van der Waals surface area contributed by atoms with E-state index >= 15 is 0 Å². The Kier molecular flexibility index (Phi) is 8.86. The number of carbonyl (C=O) groups excluding carboxylic acids is 4. The van der Waals surface area contributed by atoms with Crippen LogP contribution in [0.1, 0.15) is 5.56 Å². The molecule has 1 fully saturated rings. The van der Waals surface area contributed by atoms with E-state index in [-0.39, 0.29) is 11.3 Å². The molecule has 0 bridgehead atoms. The van der Waals surface area contributed by atoms with E-state index in [1.54, 1.807) is 97.1 Å². The minimum Gasteiger partial charge on any atom is -0.482 e. The molecule has 0 radical (unpaired) electrons. The molecule has 5 amide bonds. The summed E-state index contributed by atoms with van der Waals surface area (Å²) in [5.41, 5.74) is 1.06. The fourth-order valence-electron chi connectivity index (χ4n) is 4.22. The van der Waals surface area contributed by atoms with Crippen molar-refractivity contribution in [2.24, 2.45) is 0 Å². The molecule has 1 aliphatic rings. The van der Waals surface area contributed by atoms with Gasteiger partial charge < -0.3 is 10.1 Å². The van der Waals surface area contributed by atoms with Crippen molar-refractivity contribution in [2.45, 2.75) is 0 Å². The number of ether oxygens (including phenoxy) is 1. The number of nitrogens with zero attached hydrogens (tertiary/aromatic N) is 2. The summed E-state index contributed by atoms with van der Waals surface area (Å²) in [5, 5.41) is 3.06. The first kappa shape index (κ1) is 29.2. The van der Waals surface area contributed by atoms with Crippen LogP contribution in [-0.2, 0) is 14.4 Å². The third-order valence-corrected chi connectivity index (χ3v) is 7.49. The SMILES string of the molecule is O=C(COc1c(Br)cc(Br)cc1C=C1C(=O)N(c2ccccc2)C(=O)N(c2ccccc2)C1=O)Nc1ccccc1Cl. The van der Waals surface area contributed by atoms with Gasteiger partial charge in [0, 0.05) is 10.0 Å². The summed E-state index contributed by atoms with van der Waals surface area (Å²) in [6.45, 7) is -0.395. The Morgan fingerprint density at radius 1 is 0.810 bits per heavy atom. The second-order valence-electron chi connectivity index (χ2n) is 8.92.